The molecule has 0 N–H and O–H groups in total. The van der Waals surface area contributed by atoms with Gasteiger partial charge in [-0.1, -0.05) is 86.5 Å². The minimum atomic E-state index is -0.893. The van der Waals surface area contributed by atoms with Gasteiger partial charge in [-0.3, -0.25) is 0 Å². The summed E-state index contributed by atoms with van der Waals surface area (Å²) in [6, 6.07) is 0. The van der Waals surface area contributed by atoms with E-state index in [0.717, 1.165) is 19.3 Å². The van der Waals surface area contributed by atoms with Crippen molar-refractivity contribution in [1.29, 1.82) is 0 Å². The van der Waals surface area contributed by atoms with Gasteiger partial charge >= 0.3 is 0 Å². The molecule has 0 fully saturated rings. The SMILES string of the molecule is CCCCC(CC)C(=O)[O-].CCCCCC[N+](CCCC)(CCCC)CCCC. The zero-order valence-corrected chi connectivity index (χ0v) is 21.1. The van der Waals surface area contributed by atoms with Crippen molar-refractivity contribution in [1.82, 2.24) is 0 Å². The molecule has 0 bridgehead atoms. The molecule has 176 valence electrons. The van der Waals surface area contributed by atoms with E-state index in [1.807, 2.05) is 6.92 Å². The highest BCUT2D eigenvalue weighted by Crippen LogP contribution is 2.17. The Morgan fingerprint density at radius 3 is 1.38 bits per heavy atom. The minimum absolute atomic E-state index is 0.222. The number of carboxylic acid groups (broad SMARTS) is 1. The van der Waals surface area contributed by atoms with Crippen LogP contribution in [0.5, 0.6) is 0 Å². The molecule has 0 aliphatic carbocycles. The van der Waals surface area contributed by atoms with Crippen LogP contribution >= 0.6 is 0 Å². The summed E-state index contributed by atoms with van der Waals surface area (Å²) >= 11 is 0. The molecule has 0 spiro atoms. The van der Waals surface area contributed by atoms with Gasteiger partial charge in [-0.15, -0.1) is 0 Å². The van der Waals surface area contributed by atoms with Crippen LogP contribution < -0.4 is 5.11 Å². The largest absolute Gasteiger partial charge is 0.550 e. The Hall–Kier alpha value is -0.570. The van der Waals surface area contributed by atoms with Crippen molar-refractivity contribution in [3.05, 3.63) is 0 Å². The zero-order valence-electron chi connectivity index (χ0n) is 21.1. The molecular weight excluding hydrogens is 358 g/mol. The van der Waals surface area contributed by atoms with E-state index >= 15 is 0 Å². The van der Waals surface area contributed by atoms with Gasteiger partial charge in [0.2, 0.25) is 0 Å². The predicted molar refractivity (Wildman–Crippen MR) is 127 cm³/mol. The van der Waals surface area contributed by atoms with Crippen LogP contribution in [0.3, 0.4) is 0 Å². The molecule has 1 unspecified atom stereocenters. The number of nitrogens with zero attached hydrogens (tertiary/aromatic N) is 1. The molecule has 0 aliphatic rings. The van der Waals surface area contributed by atoms with Crippen LogP contribution in [0.2, 0.25) is 0 Å². The van der Waals surface area contributed by atoms with E-state index in [1.165, 1.54) is 94.9 Å². The first kappa shape index (κ1) is 30.6. The number of rotatable bonds is 19. The van der Waals surface area contributed by atoms with Crippen LogP contribution in [-0.4, -0.2) is 36.6 Å². The maximum Gasteiger partial charge on any atom is 0.0786 e. The summed E-state index contributed by atoms with van der Waals surface area (Å²) in [7, 11) is 0. The predicted octanol–water partition coefficient (Wildman–Crippen LogP) is 6.74. The third kappa shape index (κ3) is 18.0. The van der Waals surface area contributed by atoms with E-state index < -0.39 is 5.97 Å². The molecule has 0 radical (unpaired) electrons. The Balaban J connectivity index is 0. The molecule has 3 heteroatoms. The number of quaternary nitrogens is 1. The smallest absolute Gasteiger partial charge is 0.0786 e. The molecule has 0 aromatic carbocycles. The van der Waals surface area contributed by atoms with Gasteiger partial charge in [0.15, 0.2) is 0 Å². The fraction of sp³-hybridized carbons (Fsp3) is 0.962. The molecule has 0 aromatic heterocycles. The van der Waals surface area contributed by atoms with Gasteiger partial charge < -0.3 is 14.4 Å². The third-order valence-corrected chi connectivity index (χ3v) is 6.18. The lowest BCUT2D eigenvalue weighted by Crippen LogP contribution is -2.50. The average Bonchev–Trinajstić information content (AvgIpc) is 2.72. The third-order valence-electron chi connectivity index (χ3n) is 6.18. The Labute approximate surface area is 184 Å². The van der Waals surface area contributed by atoms with Crippen molar-refractivity contribution in [2.75, 3.05) is 26.2 Å². The summed E-state index contributed by atoms with van der Waals surface area (Å²) in [5, 5.41) is 10.3. The highest BCUT2D eigenvalue weighted by molar-refractivity contribution is 5.67. The molecule has 0 aromatic rings. The maximum atomic E-state index is 10.3. The average molecular weight is 414 g/mol. The van der Waals surface area contributed by atoms with Gasteiger partial charge in [0.25, 0.3) is 0 Å². The fourth-order valence-corrected chi connectivity index (χ4v) is 3.96. The Morgan fingerprint density at radius 2 is 1.03 bits per heavy atom. The highest BCUT2D eigenvalue weighted by Gasteiger charge is 2.24. The van der Waals surface area contributed by atoms with E-state index in [2.05, 4.69) is 34.6 Å². The minimum Gasteiger partial charge on any atom is -0.550 e. The van der Waals surface area contributed by atoms with Crippen molar-refractivity contribution < 1.29 is 14.4 Å². The van der Waals surface area contributed by atoms with Crippen LogP contribution in [0.25, 0.3) is 0 Å². The first-order valence-electron chi connectivity index (χ1n) is 13.0. The first-order chi connectivity index (χ1) is 14.0. The van der Waals surface area contributed by atoms with Crippen LogP contribution in [0, 0.1) is 5.92 Å². The summed E-state index contributed by atoms with van der Waals surface area (Å²) in [5.41, 5.74) is 0. The normalized spacial score (nSPS) is 12.3. The number of carbonyl (C=O) groups is 1. The summed E-state index contributed by atoms with van der Waals surface area (Å²) in [4.78, 5) is 10.3. The van der Waals surface area contributed by atoms with Gasteiger partial charge in [-0.2, -0.15) is 0 Å². The molecule has 0 rings (SSSR count). The van der Waals surface area contributed by atoms with E-state index in [0.29, 0.717) is 6.42 Å². The van der Waals surface area contributed by atoms with Crippen molar-refractivity contribution in [2.24, 2.45) is 5.92 Å². The monoisotopic (exact) mass is 413 g/mol. The van der Waals surface area contributed by atoms with E-state index in [-0.39, 0.29) is 5.92 Å². The van der Waals surface area contributed by atoms with Crippen molar-refractivity contribution >= 4 is 5.97 Å². The summed E-state index contributed by atoms with van der Waals surface area (Å²) in [5.74, 6) is -1.11. The van der Waals surface area contributed by atoms with Crippen LogP contribution in [0.15, 0.2) is 0 Å². The van der Waals surface area contributed by atoms with Crippen molar-refractivity contribution in [3.63, 3.8) is 0 Å². The Kier molecular flexibility index (Phi) is 23.4. The van der Waals surface area contributed by atoms with Gasteiger partial charge in [-0.05, 0) is 50.9 Å². The number of hydrogen-bond acceptors (Lipinski definition) is 2. The quantitative estimate of drug-likeness (QED) is 0.174. The van der Waals surface area contributed by atoms with Crippen molar-refractivity contribution in [2.45, 2.75) is 131 Å². The lowest BCUT2D eigenvalue weighted by Gasteiger charge is -2.39. The molecule has 0 heterocycles. The second-order valence-electron chi connectivity index (χ2n) is 8.92. The van der Waals surface area contributed by atoms with Gasteiger partial charge in [-0.25, -0.2) is 0 Å². The number of carbonyl (C=O) groups excluding carboxylic acids is 1. The zero-order chi connectivity index (χ0) is 22.4. The van der Waals surface area contributed by atoms with Crippen LogP contribution in [-0.2, 0) is 4.79 Å². The molecule has 0 saturated carbocycles. The molecule has 1 atom stereocenters. The lowest BCUT2D eigenvalue weighted by atomic mass is 10.00. The van der Waals surface area contributed by atoms with Gasteiger partial charge in [0, 0.05) is 5.97 Å². The second kappa shape index (κ2) is 22.1. The summed E-state index contributed by atoms with van der Waals surface area (Å²) in [6.07, 6.45) is 17.5. The standard InChI is InChI=1S/C18H40N.C8H16O2/c1-5-9-13-14-18-19(15-10-6-2,16-11-7-3)17-12-8-4;1-3-5-6-7(4-2)8(9)10/h5-18H2,1-4H3;7H,3-6H2,1-2H3,(H,9,10)/q+1;/p-1. The number of hydrogen-bond donors (Lipinski definition) is 0. The first-order valence-corrected chi connectivity index (χ1v) is 13.0. The molecular formula is C26H55NO2. The van der Waals surface area contributed by atoms with Gasteiger partial charge in [0.05, 0.1) is 26.2 Å². The fourth-order valence-electron chi connectivity index (χ4n) is 3.96. The summed E-state index contributed by atoms with van der Waals surface area (Å²) < 4.78 is 1.43. The van der Waals surface area contributed by atoms with Crippen LogP contribution in [0.4, 0.5) is 0 Å². The van der Waals surface area contributed by atoms with Crippen LogP contribution in [0.1, 0.15) is 131 Å². The van der Waals surface area contributed by atoms with Crippen molar-refractivity contribution in [3.8, 4) is 0 Å². The van der Waals surface area contributed by atoms with E-state index in [1.54, 1.807) is 0 Å². The topological polar surface area (TPSA) is 40.1 Å². The maximum absolute atomic E-state index is 10.3. The number of aliphatic carboxylic acids is 1. The molecule has 29 heavy (non-hydrogen) atoms. The lowest BCUT2D eigenvalue weighted by molar-refractivity contribution is -0.929. The highest BCUT2D eigenvalue weighted by atomic mass is 16.4. The van der Waals surface area contributed by atoms with E-state index in [4.69, 9.17) is 0 Å². The summed E-state index contributed by atoms with van der Waals surface area (Å²) in [6.45, 7) is 19.0. The number of unbranched alkanes of at least 4 members (excludes halogenated alkanes) is 7. The molecule has 0 amide bonds. The Bertz CT molecular complexity index is 322. The molecule has 0 saturated heterocycles. The molecule has 3 nitrogen and oxygen atoms in total. The second-order valence-corrected chi connectivity index (χ2v) is 8.92. The number of carboxylic acids is 1. The van der Waals surface area contributed by atoms with Gasteiger partial charge in [0.1, 0.15) is 0 Å². The molecule has 0 aliphatic heterocycles. The Morgan fingerprint density at radius 1 is 0.621 bits per heavy atom. The van der Waals surface area contributed by atoms with E-state index in [9.17, 15) is 9.90 Å².